The molecule has 1 amide bonds. The third kappa shape index (κ3) is 4.92. The highest BCUT2D eigenvalue weighted by Gasteiger charge is 2.17. The summed E-state index contributed by atoms with van der Waals surface area (Å²) < 4.78 is 12.2. The Hall–Kier alpha value is -3.78. The number of benzene rings is 3. The van der Waals surface area contributed by atoms with Crippen LogP contribution >= 0.6 is 11.8 Å². The Morgan fingerprint density at radius 3 is 2.44 bits per heavy atom. The molecule has 8 heteroatoms. The lowest BCUT2D eigenvalue weighted by Crippen LogP contribution is -2.29. The zero-order valence-electron chi connectivity index (χ0n) is 19.1. The van der Waals surface area contributed by atoms with Gasteiger partial charge >= 0.3 is 0 Å². The number of carbonyl (C=O) groups excluding carboxylic acids is 1. The summed E-state index contributed by atoms with van der Waals surface area (Å²) in [5.74, 6) is 1.000. The van der Waals surface area contributed by atoms with Crippen LogP contribution in [0.1, 0.15) is 18.5 Å². The van der Waals surface area contributed by atoms with Crippen LogP contribution < -0.4 is 20.3 Å². The molecule has 0 aliphatic heterocycles. The van der Waals surface area contributed by atoms with Crippen LogP contribution in [-0.4, -0.2) is 35.4 Å². The van der Waals surface area contributed by atoms with Gasteiger partial charge in [0.05, 0.1) is 42.6 Å². The van der Waals surface area contributed by atoms with Crippen molar-refractivity contribution in [1.29, 1.82) is 0 Å². The van der Waals surface area contributed by atoms with Gasteiger partial charge in [0.2, 0.25) is 5.91 Å². The first-order valence-corrected chi connectivity index (χ1v) is 11.7. The van der Waals surface area contributed by atoms with Crippen LogP contribution in [0.4, 0.5) is 0 Å². The molecule has 1 N–H and O–H groups in total. The fraction of sp³-hybridized carbons (Fsp3) is 0.192. The topological polar surface area (TPSA) is 82.5 Å². The van der Waals surface area contributed by atoms with Gasteiger partial charge in [0, 0.05) is 6.07 Å². The van der Waals surface area contributed by atoms with Crippen molar-refractivity contribution in [1.82, 2.24) is 14.9 Å². The van der Waals surface area contributed by atoms with Crippen molar-refractivity contribution in [3.8, 4) is 17.2 Å². The van der Waals surface area contributed by atoms with Crippen molar-refractivity contribution >= 4 is 28.6 Å². The Morgan fingerprint density at radius 1 is 1.00 bits per heavy atom. The van der Waals surface area contributed by atoms with E-state index in [-0.39, 0.29) is 23.3 Å². The summed E-state index contributed by atoms with van der Waals surface area (Å²) in [6.07, 6.45) is 0. The standard InChI is InChI=1S/C26H25N3O4S/c1-17(18-9-5-4-6-10-18)27-24(30)16-34-26-28-21-12-8-7-11-20(21)25(31)29(26)19-13-14-22(32-2)23(15-19)33-3/h4-15,17H,16H2,1-3H3,(H,27,30)/t17-/m1/s1. The van der Waals surface area contributed by atoms with E-state index in [0.717, 1.165) is 5.56 Å². The number of para-hydroxylation sites is 1. The molecular formula is C26H25N3O4S. The van der Waals surface area contributed by atoms with Crippen LogP contribution in [0, 0.1) is 0 Å². The van der Waals surface area contributed by atoms with E-state index < -0.39 is 0 Å². The number of rotatable bonds is 8. The summed E-state index contributed by atoms with van der Waals surface area (Å²) in [5, 5.41) is 3.90. The monoisotopic (exact) mass is 475 g/mol. The normalized spacial score (nSPS) is 11.7. The highest BCUT2D eigenvalue weighted by Crippen LogP contribution is 2.30. The second kappa shape index (κ2) is 10.4. The number of hydrogen-bond acceptors (Lipinski definition) is 6. The van der Waals surface area contributed by atoms with Crippen LogP contribution in [0.5, 0.6) is 11.5 Å². The lowest BCUT2D eigenvalue weighted by atomic mass is 10.1. The van der Waals surface area contributed by atoms with E-state index in [1.54, 1.807) is 43.5 Å². The van der Waals surface area contributed by atoms with Gasteiger partial charge in [-0.05, 0) is 36.8 Å². The van der Waals surface area contributed by atoms with Crippen molar-refractivity contribution in [3.63, 3.8) is 0 Å². The molecule has 0 unspecified atom stereocenters. The van der Waals surface area contributed by atoms with E-state index in [2.05, 4.69) is 5.32 Å². The SMILES string of the molecule is COc1ccc(-n2c(SCC(=O)N[C@H](C)c3ccccc3)nc3ccccc3c2=O)cc1OC. The first kappa shape index (κ1) is 23.4. The van der Waals surface area contributed by atoms with Gasteiger partial charge in [0.15, 0.2) is 16.7 Å². The summed E-state index contributed by atoms with van der Waals surface area (Å²) in [6, 6.07) is 22.0. The average molecular weight is 476 g/mol. The second-order valence-corrected chi connectivity index (χ2v) is 8.52. The predicted octanol–water partition coefficient (Wildman–Crippen LogP) is 4.37. The molecule has 1 aromatic heterocycles. The Kier molecular flexibility index (Phi) is 7.18. The number of ether oxygens (including phenoxy) is 2. The van der Waals surface area contributed by atoms with Crippen LogP contribution in [0.3, 0.4) is 0 Å². The number of hydrogen-bond donors (Lipinski definition) is 1. The number of carbonyl (C=O) groups is 1. The number of nitrogens with zero attached hydrogens (tertiary/aromatic N) is 2. The number of fused-ring (bicyclic) bond motifs is 1. The van der Waals surface area contributed by atoms with Crippen LogP contribution in [0.25, 0.3) is 16.6 Å². The van der Waals surface area contributed by atoms with Gasteiger partial charge in [-0.3, -0.25) is 14.2 Å². The maximum Gasteiger partial charge on any atom is 0.266 e. The molecule has 1 heterocycles. The lowest BCUT2D eigenvalue weighted by Gasteiger charge is -2.16. The molecule has 1 atom stereocenters. The van der Waals surface area contributed by atoms with E-state index in [0.29, 0.717) is 33.2 Å². The van der Waals surface area contributed by atoms with Gasteiger partial charge in [-0.15, -0.1) is 0 Å². The van der Waals surface area contributed by atoms with Crippen molar-refractivity contribution < 1.29 is 14.3 Å². The van der Waals surface area contributed by atoms with Gasteiger partial charge in [-0.1, -0.05) is 54.2 Å². The summed E-state index contributed by atoms with van der Waals surface area (Å²) in [7, 11) is 3.09. The molecule has 0 fully saturated rings. The van der Waals surface area contributed by atoms with E-state index >= 15 is 0 Å². The Morgan fingerprint density at radius 2 is 1.71 bits per heavy atom. The minimum absolute atomic E-state index is 0.106. The highest BCUT2D eigenvalue weighted by molar-refractivity contribution is 7.99. The zero-order chi connectivity index (χ0) is 24.1. The van der Waals surface area contributed by atoms with Crippen molar-refractivity contribution in [2.45, 2.75) is 18.1 Å². The summed E-state index contributed by atoms with van der Waals surface area (Å²) in [6.45, 7) is 1.94. The number of nitrogens with one attached hydrogen (secondary N) is 1. The number of thioether (sulfide) groups is 1. The smallest absolute Gasteiger partial charge is 0.266 e. The molecule has 4 aromatic rings. The number of aromatic nitrogens is 2. The molecule has 0 saturated heterocycles. The van der Waals surface area contributed by atoms with E-state index in [1.807, 2.05) is 43.3 Å². The van der Waals surface area contributed by atoms with Gasteiger partial charge < -0.3 is 14.8 Å². The van der Waals surface area contributed by atoms with Gasteiger partial charge in [0.1, 0.15) is 0 Å². The van der Waals surface area contributed by atoms with Crippen molar-refractivity contribution in [2.24, 2.45) is 0 Å². The van der Waals surface area contributed by atoms with Gasteiger partial charge in [0.25, 0.3) is 5.56 Å². The van der Waals surface area contributed by atoms with Gasteiger partial charge in [-0.25, -0.2) is 4.98 Å². The highest BCUT2D eigenvalue weighted by atomic mass is 32.2. The molecule has 0 saturated carbocycles. The maximum absolute atomic E-state index is 13.4. The summed E-state index contributed by atoms with van der Waals surface area (Å²) >= 11 is 1.21. The summed E-state index contributed by atoms with van der Waals surface area (Å²) in [4.78, 5) is 30.8. The molecule has 0 aliphatic rings. The predicted molar refractivity (Wildman–Crippen MR) is 134 cm³/mol. The second-order valence-electron chi connectivity index (χ2n) is 7.58. The largest absolute Gasteiger partial charge is 0.493 e. The fourth-order valence-corrected chi connectivity index (χ4v) is 4.46. The Balaban J connectivity index is 1.67. The number of amides is 1. The van der Waals surface area contributed by atoms with Crippen molar-refractivity contribution in [3.05, 3.63) is 88.7 Å². The first-order valence-electron chi connectivity index (χ1n) is 10.7. The summed E-state index contributed by atoms with van der Waals surface area (Å²) in [5.41, 5.74) is 1.94. The van der Waals surface area contributed by atoms with Crippen LogP contribution in [0.15, 0.2) is 82.7 Å². The molecule has 3 aromatic carbocycles. The fourth-order valence-electron chi connectivity index (χ4n) is 3.64. The maximum atomic E-state index is 13.4. The average Bonchev–Trinajstić information content (AvgIpc) is 2.87. The minimum atomic E-state index is -0.224. The molecule has 0 aliphatic carbocycles. The van der Waals surface area contributed by atoms with Gasteiger partial charge in [-0.2, -0.15) is 0 Å². The first-order chi connectivity index (χ1) is 16.5. The van der Waals surface area contributed by atoms with E-state index in [9.17, 15) is 9.59 Å². The molecule has 0 spiro atoms. The number of methoxy groups -OCH3 is 2. The lowest BCUT2D eigenvalue weighted by molar-refractivity contribution is -0.119. The zero-order valence-corrected chi connectivity index (χ0v) is 20.0. The van der Waals surface area contributed by atoms with E-state index in [1.165, 1.54) is 23.4 Å². The van der Waals surface area contributed by atoms with Crippen LogP contribution in [-0.2, 0) is 4.79 Å². The molecule has 0 bridgehead atoms. The molecule has 0 radical (unpaired) electrons. The minimum Gasteiger partial charge on any atom is -0.493 e. The molecule has 174 valence electrons. The third-order valence-corrected chi connectivity index (χ3v) is 6.32. The molecular weight excluding hydrogens is 450 g/mol. The Labute approximate surface area is 201 Å². The Bertz CT molecular complexity index is 1370. The van der Waals surface area contributed by atoms with Crippen molar-refractivity contribution in [2.75, 3.05) is 20.0 Å². The van der Waals surface area contributed by atoms with Crippen LogP contribution in [0.2, 0.25) is 0 Å². The third-order valence-electron chi connectivity index (χ3n) is 5.38. The molecule has 4 rings (SSSR count). The molecule has 7 nitrogen and oxygen atoms in total. The van der Waals surface area contributed by atoms with E-state index in [4.69, 9.17) is 14.5 Å². The molecule has 34 heavy (non-hydrogen) atoms. The quantitative estimate of drug-likeness (QED) is 0.301.